The van der Waals surface area contributed by atoms with Crippen molar-refractivity contribution in [2.45, 2.75) is 46.7 Å². The molecular formula is C20H26N6OS. The van der Waals surface area contributed by atoms with Gasteiger partial charge in [-0.3, -0.25) is 0 Å². The highest BCUT2D eigenvalue weighted by Crippen LogP contribution is 2.19. The monoisotopic (exact) mass is 398 g/mol. The Morgan fingerprint density at radius 2 is 2.14 bits per heavy atom. The molecule has 2 heterocycles. The Morgan fingerprint density at radius 3 is 2.89 bits per heavy atom. The number of aromatic nitrogens is 3. The number of aryl methyl sites for hydroxylation is 2. The van der Waals surface area contributed by atoms with Gasteiger partial charge in [0.05, 0.1) is 13.1 Å². The second kappa shape index (κ2) is 9.98. The summed E-state index contributed by atoms with van der Waals surface area (Å²) in [5, 5.41) is 11.7. The molecule has 7 nitrogen and oxygen atoms in total. The summed E-state index contributed by atoms with van der Waals surface area (Å²) >= 11 is 1.69. The van der Waals surface area contributed by atoms with E-state index in [1.807, 2.05) is 30.5 Å². The molecule has 0 saturated carbocycles. The molecule has 3 rings (SSSR count). The van der Waals surface area contributed by atoms with Crippen molar-refractivity contribution in [3.05, 3.63) is 51.7 Å². The highest BCUT2D eigenvalue weighted by atomic mass is 32.1. The first-order chi connectivity index (χ1) is 13.7. The predicted molar refractivity (Wildman–Crippen MR) is 112 cm³/mol. The van der Waals surface area contributed by atoms with Crippen molar-refractivity contribution in [1.82, 2.24) is 25.8 Å². The van der Waals surface area contributed by atoms with Gasteiger partial charge in [0.1, 0.15) is 5.01 Å². The van der Waals surface area contributed by atoms with Gasteiger partial charge in [-0.25, -0.2) is 9.98 Å². The van der Waals surface area contributed by atoms with Crippen molar-refractivity contribution in [3.8, 4) is 11.5 Å². The molecule has 8 heteroatoms. The Labute approximate surface area is 169 Å². The number of guanidine groups is 1. The van der Waals surface area contributed by atoms with E-state index in [1.165, 1.54) is 4.88 Å². The van der Waals surface area contributed by atoms with Gasteiger partial charge in [0, 0.05) is 29.6 Å². The molecule has 0 amide bonds. The number of thiazole rings is 1. The summed E-state index contributed by atoms with van der Waals surface area (Å²) < 4.78 is 5.38. The second-order valence-corrected chi connectivity index (χ2v) is 7.70. The first-order valence-corrected chi connectivity index (χ1v) is 10.3. The topological polar surface area (TPSA) is 88.2 Å². The number of nitrogens with zero attached hydrogens (tertiary/aromatic N) is 4. The first kappa shape index (κ1) is 20.0. The summed E-state index contributed by atoms with van der Waals surface area (Å²) in [4.78, 5) is 14.7. The van der Waals surface area contributed by atoms with E-state index in [9.17, 15) is 0 Å². The van der Waals surface area contributed by atoms with Crippen LogP contribution in [0, 0.1) is 6.92 Å². The summed E-state index contributed by atoms with van der Waals surface area (Å²) in [6.45, 7) is 8.21. The average Bonchev–Trinajstić information content (AvgIpc) is 3.34. The molecule has 0 atom stereocenters. The Bertz CT molecular complexity index is 917. The van der Waals surface area contributed by atoms with Gasteiger partial charge in [-0.15, -0.1) is 11.3 Å². The van der Waals surface area contributed by atoms with Gasteiger partial charge in [-0.05, 0) is 38.0 Å². The Hall–Kier alpha value is -2.74. The molecule has 148 valence electrons. The van der Waals surface area contributed by atoms with E-state index in [4.69, 9.17) is 4.52 Å². The fourth-order valence-electron chi connectivity index (χ4n) is 2.65. The quantitative estimate of drug-likeness (QED) is 0.444. The highest BCUT2D eigenvalue weighted by Gasteiger charge is 2.09. The third-order valence-corrected chi connectivity index (χ3v) is 4.87. The van der Waals surface area contributed by atoms with Gasteiger partial charge in [0.2, 0.25) is 0 Å². The fourth-order valence-corrected chi connectivity index (χ4v) is 3.38. The van der Waals surface area contributed by atoms with Gasteiger partial charge in [0.25, 0.3) is 5.89 Å². The maximum atomic E-state index is 5.38. The molecule has 0 fully saturated rings. The standard InChI is InChI=1S/C20H26N6OS/c1-4-7-17-25-19(27-26-17)16-9-6-8-15(10-16)12-23-20(21-5-2)24-13-18-22-11-14(3)28-18/h6,8-11H,4-5,7,12-13H2,1-3H3,(H2,21,23,24). The summed E-state index contributed by atoms with van der Waals surface area (Å²) in [6.07, 6.45) is 3.71. The lowest BCUT2D eigenvalue weighted by molar-refractivity contribution is 0.422. The van der Waals surface area contributed by atoms with Crippen molar-refractivity contribution < 1.29 is 4.52 Å². The minimum Gasteiger partial charge on any atom is -0.357 e. The van der Waals surface area contributed by atoms with Crippen molar-refractivity contribution in [2.75, 3.05) is 6.54 Å². The molecule has 2 aromatic heterocycles. The third-order valence-electron chi connectivity index (χ3n) is 3.96. The largest absolute Gasteiger partial charge is 0.357 e. The fraction of sp³-hybridized carbons (Fsp3) is 0.400. The zero-order valence-electron chi connectivity index (χ0n) is 16.5. The van der Waals surface area contributed by atoms with E-state index in [2.05, 4.69) is 51.5 Å². The summed E-state index contributed by atoms with van der Waals surface area (Å²) in [7, 11) is 0. The summed E-state index contributed by atoms with van der Waals surface area (Å²) in [6, 6.07) is 8.05. The number of hydrogen-bond acceptors (Lipinski definition) is 6. The molecule has 0 aliphatic carbocycles. The molecule has 0 aliphatic heterocycles. The normalized spacial score (nSPS) is 11.6. The average molecular weight is 399 g/mol. The number of nitrogens with one attached hydrogen (secondary N) is 2. The van der Waals surface area contributed by atoms with Crippen molar-refractivity contribution in [2.24, 2.45) is 4.99 Å². The van der Waals surface area contributed by atoms with E-state index < -0.39 is 0 Å². The lowest BCUT2D eigenvalue weighted by Gasteiger charge is -2.10. The highest BCUT2D eigenvalue weighted by molar-refractivity contribution is 7.11. The molecule has 0 unspecified atom stereocenters. The van der Waals surface area contributed by atoms with E-state index in [-0.39, 0.29) is 0 Å². The summed E-state index contributed by atoms with van der Waals surface area (Å²) in [5.41, 5.74) is 1.99. The zero-order chi connectivity index (χ0) is 19.8. The Morgan fingerprint density at radius 1 is 1.25 bits per heavy atom. The van der Waals surface area contributed by atoms with E-state index in [1.54, 1.807) is 11.3 Å². The lowest BCUT2D eigenvalue weighted by atomic mass is 10.1. The lowest BCUT2D eigenvalue weighted by Crippen LogP contribution is -2.36. The van der Waals surface area contributed by atoms with E-state index in [0.29, 0.717) is 19.0 Å². The van der Waals surface area contributed by atoms with Crippen LogP contribution in [0.15, 0.2) is 40.0 Å². The van der Waals surface area contributed by atoms with Crippen LogP contribution in [0.5, 0.6) is 0 Å². The number of rotatable bonds is 8. The van der Waals surface area contributed by atoms with E-state index in [0.717, 1.165) is 47.3 Å². The number of aliphatic imine (C=N–C) groups is 1. The van der Waals surface area contributed by atoms with Gasteiger partial charge < -0.3 is 15.2 Å². The summed E-state index contributed by atoms with van der Waals surface area (Å²) in [5.74, 6) is 2.07. The maximum absolute atomic E-state index is 5.38. The second-order valence-electron chi connectivity index (χ2n) is 6.38. The molecule has 0 bridgehead atoms. The van der Waals surface area contributed by atoms with Crippen LogP contribution in [0.1, 0.15) is 41.5 Å². The smallest absolute Gasteiger partial charge is 0.257 e. The van der Waals surface area contributed by atoms with E-state index >= 15 is 0 Å². The van der Waals surface area contributed by atoms with Crippen LogP contribution in [0.3, 0.4) is 0 Å². The predicted octanol–water partition coefficient (Wildman–Crippen LogP) is 3.71. The third kappa shape index (κ3) is 5.63. The van der Waals surface area contributed by atoms with Crippen LogP contribution < -0.4 is 10.6 Å². The Balaban J connectivity index is 1.66. The van der Waals surface area contributed by atoms with Crippen LogP contribution in [-0.4, -0.2) is 27.6 Å². The zero-order valence-corrected chi connectivity index (χ0v) is 17.3. The number of benzene rings is 1. The molecule has 3 aromatic rings. The molecule has 1 aromatic carbocycles. The number of hydrogen-bond donors (Lipinski definition) is 2. The molecule has 0 aliphatic rings. The van der Waals surface area contributed by atoms with Crippen molar-refractivity contribution in [1.29, 1.82) is 0 Å². The van der Waals surface area contributed by atoms with Crippen LogP contribution in [0.2, 0.25) is 0 Å². The van der Waals surface area contributed by atoms with Crippen LogP contribution in [0.25, 0.3) is 11.5 Å². The van der Waals surface area contributed by atoms with Crippen molar-refractivity contribution in [3.63, 3.8) is 0 Å². The van der Waals surface area contributed by atoms with Crippen molar-refractivity contribution >= 4 is 17.3 Å². The van der Waals surface area contributed by atoms with Gasteiger partial charge in [-0.1, -0.05) is 24.2 Å². The van der Waals surface area contributed by atoms with Gasteiger partial charge in [-0.2, -0.15) is 4.98 Å². The molecule has 0 radical (unpaired) electrons. The molecule has 2 N–H and O–H groups in total. The van der Waals surface area contributed by atoms with Gasteiger partial charge >= 0.3 is 0 Å². The van der Waals surface area contributed by atoms with Gasteiger partial charge in [0.15, 0.2) is 11.8 Å². The van der Waals surface area contributed by atoms with Crippen LogP contribution >= 0.6 is 11.3 Å². The van der Waals surface area contributed by atoms with Crippen LogP contribution in [-0.2, 0) is 19.5 Å². The molecule has 0 spiro atoms. The minimum atomic E-state index is 0.552. The molecule has 28 heavy (non-hydrogen) atoms. The SMILES string of the molecule is CCCc1noc(-c2cccc(CN=C(NCC)NCc3ncc(C)s3)c2)n1. The Kier molecular flexibility index (Phi) is 7.13. The van der Waals surface area contributed by atoms with Crippen LogP contribution in [0.4, 0.5) is 0 Å². The molecule has 0 saturated heterocycles. The first-order valence-electron chi connectivity index (χ1n) is 9.53. The maximum Gasteiger partial charge on any atom is 0.257 e. The minimum absolute atomic E-state index is 0.552. The molecular weight excluding hydrogens is 372 g/mol.